The van der Waals surface area contributed by atoms with E-state index in [0.717, 1.165) is 36.8 Å². The molecule has 1 heterocycles. The summed E-state index contributed by atoms with van der Waals surface area (Å²) >= 11 is 0. The highest BCUT2D eigenvalue weighted by Gasteiger charge is 2.47. The molecule has 2 fully saturated rings. The van der Waals surface area contributed by atoms with Crippen molar-refractivity contribution in [3.8, 4) is 0 Å². The maximum absolute atomic E-state index is 11.8. The fourth-order valence-corrected chi connectivity index (χ4v) is 4.73. The minimum atomic E-state index is -0.616. The van der Waals surface area contributed by atoms with Gasteiger partial charge in [0, 0.05) is 19.0 Å². The van der Waals surface area contributed by atoms with Crippen molar-refractivity contribution in [2.75, 3.05) is 13.2 Å². The molecule has 3 atom stereocenters. The van der Waals surface area contributed by atoms with Crippen LogP contribution in [0, 0.1) is 6.92 Å². The molecule has 3 unspecified atom stereocenters. The second-order valence-corrected chi connectivity index (χ2v) is 8.69. The summed E-state index contributed by atoms with van der Waals surface area (Å²) < 4.78 is 6.25. The molecule has 0 bridgehead atoms. The number of carbonyl (C=O) groups is 1. The Hall–Kier alpha value is -2.21. The first kappa shape index (κ1) is 21.0. The van der Waals surface area contributed by atoms with Crippen LogP contribution in [0.5, 0.6) is 0 Å². The van der Waals surface area contributed by atoms with Crippen LogP contribution >= 0.6 is 0 Å². The third-order valence-corrected chi connectivity index (χ3v) is 6.59. The van der Waals surface area contributed by atoms with Gasteiger partial charge in [-0.1, -0.05) is 54.6 Å². The Morgan fingerprint density at radius 3 is 2.60 bits per heavy atom. The van der Waals surface area contributed by atoms with Crippen LogP contribution in [0.3, 0.4) is 0 Å². The first-order valence-electron chi connectivity index (χ1n) is 11.0. The van der Waals surface area contributed by atoms with Crippen LogP contribution in [0.1, 0.15) is 54.9 Å². The molecule has 4 rings (SSSR count). The predicted octanol–water partition coefficient (Wildman–Crippen LogP) is 3.25. The van der Waals surface area contributed by atoms with E-state index < -0.39 is 6.10 Å². The quantitative estimate of drug-likeness (QED) is 0.627. The van der Waals surface area contributed by atoms with E-state index in [4.69, 9.17) is 4.74 Å². The molecule has 0 aromatic heterocycles. The minimum Gasteiger partial charge on any atom is -0.389 e. The van der Waals surface area contributed by atoms with Crippen molar-refractivity contribution in [3.63, 3.8) is 0 Å². The van der Waals surface area contributed by atoms with Crippen LogP contribution in [0.15, 0.2) is 54.6 Å². The molecule has 2 aromatic rings. The lowest BCUT2D eigenvalue weighted by molar-refractivity contribution is -0.128. The van der Waals surface area contributed by atoms with E-state index >= 15 is 0 Å². The third kappa shape index (κ3) is 4.59. The lowest BCUT2D eigenvalue weighted by Gasteiger charge is -2.51. The van der Waals surface area contributed by atoms with Crippen LogP contribution < -0.4 is 10.6 Å². The Labute approximate surface area is 178 Å². The smallest absolute Gasteiger partial charge is 0.220 e. The van der Waals surface area contributed by atoms with Gasteiger partial charge in [-0.25, -0.2) is 0 Å². The van der Waals surface area contributed by atoms with Gasteiger partial charge in [0.1, 0.15) is 6.10 Å². The van der Waals surface area contributed by atoms with E-state index in [-0.39, 0.29) is 30.2 Å². The first-order chi connectivity index (χ1) is 14.6. The Balaban J connectivity index is 1.37. The Kier molecular flexibility index (Phi) is 6.52. The monoisotopic (exact) mass is 408 g/mol. The van der Waals surface area contributed by atoms with Crippen LogP contribution in [-0.2, 0) is 9.53 Å². The van der Waals surface area contributed by atoms with Gasteiger partial charge in [-0.05, 0) is 49.3 Å². The molecular formula is C25H32N2O3. The van der Waals surface area contributed by atoms with Gasteiger partial charge < -0.3 is 20.5 Å². The maximum Gasteiger partial charge on any atom is 0.220 e. The molecule has 2 aliphatic rings. The molecule has 3 N–H and O–H groups in total. The summed E-state index contributed by atoms with van der Waals surface area (Å²) in [5.74, 6) is 0.153. The molecule has 0 radical (unpaired) electrons. The first-order valence-corrected chi connectivity index (χ1v) is 11.0. The van der Waals surface area contributed by atoms with Crippen LogP contribution in [-0.4, -0.2) is 41.9 Å². The van der Waals surface area contributed by atoms with Gasteiger partial charge in [0.15, 0.2) is 0 Å². The average molecular weight is 409 g/mol. The molecular weight excluding hydrogens is 376 g/mol. The highest BCUT2D eigenvalue weighted by molar-refractivity contribution is 5.78. The average Bonchev–Trinajstić information content (AvgIpc) is 2.73. The number of aryl methyl sites for hydroxylation is 1. The molecule has 1 aliphatic heterocycles. The zero-order chi connectivity index (χ0) is 21.0. The van der Waals surface area contributed by atoms with Crippen molar-refractivity contribution in [1.29, 1.82) is 0 Å². The summed E-state index contributed by atoms with van der Waals surface area (Å²) in [5.41, 5.74) is 3.26. The van der Waals surface area contributed by atoms with Crippen LogP contribution in [0.25, 0.3) is 0 Å². The number of aliphatic hydroxyl groups excluding tert-OH is 1. The maximum atomic E-state index is 11.8. The number of carbonyl (C=O) groups excluding carboxylic acids is 1. The molecule has 5 heteroatoms. The summed E-state index contributed by atoms with van der Waals surface area (Å²) in [7, 11) is 0. The van der Waals surface area contributed by atoms with E-state index in [1.807, 2.05) is 30.3 Å². The number of benzene rings is 2. The lowest BCUT2D eigenvalue weighted by atomic mass is 9.68. The van der Waals surface area contributed by atoms with Gasteiger partial charge >= 0.3 is 0 Å². The van der Waals surface area contributed by atoms with Crippen molar-refractivity contribution >= 4 is 5.91 Å². The van der Waals surface area contributed by atoms with Crippen molar-refractivity contribution in [3.05, 3.63) is 71.3 Å². The topological polar surface area (TPSA) is 70.6 Å². The summed E-state index contributed by atoms with van der Waals surface area (Å²) in [5, 5.41) is 17.3. The second kappa shape index (κ2) is 9.29. The van der Waals surface area contributed by atoms with Crippen molar-refractivity contribution < 1.29 is 14.6 Å². The predicted molar refractivity (Wildman–Crippen MR) is 117 cm³/mol. The van der Waals surface area contributed by atoms with Crippen LogP contribution in [0.2, 0.25) is 0 Å². The zero-order valence-electron chi connectivity index (χ0n) is 17.6. The molecule has 1 spiro atoms. The Morgan fingerprint density at radius 1 is 1.17 bits per heavy atom. The Bertz CT molecular complexity index is 850. The van der Waals surface area contributed by atoms with Gasteiger partial charge in [0.05, 0.1) is 18.2 Å². The molecule has 160 valence electrons. The fourth-order valence-electron chi connectivity index (χ4n) is 4.73. The number of hydrogen-bond donors (Lipinski definition) is 3. The normalized spacial score (nSPS) is 22.2. The van der Waals surface area contributed by atoms with Gasteiger partial charge in [-0.15, -0.1) is 0 Å². The number of aliphatic hydroxyl groups is 1. The summed E-state index contributed by atoms with van der Waals surface area (Å²) in [6, 6.07) is 18.6. The SMILES string of the molecule is Cc1ccccc1C(OCC(O)CNC1CCC(=O)NC12CCC2)c1ccccc1. The molecule has 30 heavy (non-hydrogen) atoms. The molecule has 1 amide bonds. The van der Waals surface area contributed by atoms with Crippen LogP contribution in [0.4, 0.5) is 0 Å². The van der Waals surface area contributed by atoms with Gasteiger partial charge in [0.25, 0.3) is 0 Å². The fraction of sp³-hybridized carbons (Fsp3) is 0.480. The van der Waals surface area contributed by atoms with E-state index in [2.05, 4.69) is 41.8 Å². The highest BCUT2D eigenvalue weighted by atomic mass is 16.5. The van der Waals surface area contributed by atoms with Crippen molar-refractivity contribution in [2.24, 2.45) is 0 Å². The number of ether oxygens (including phenoxy) is 1. The number of piperidine rings is 1. The van der Waals surface area contributed by atoms with Gasteiger partial charge in [-0.3, -0.25) is 4.79 Å². The van der Waals surface area contributed by atoms with E-state index in [9.17, 15) is 9.90 Å². The van der Waals surface area contributed by atoms with E-state index in [0.29, 0.717) is 13.0 Å². The van der Waals surface area contributed by atoms with E-state index in [1.165, 1.54) is 5.56 Å². The second-order valence-electron chi connectivity index (χ2n) is 8.69. The molecule has 1 saturated carbocycles. The van der Waals surface area contributed by atoms with Crippen molar-refractivity contribution in [1.82, 2.24) is 10.6 Å². The summed E-state index contributed by atoms with van der Waals surface area (Å²) in [6.07, 6.45) is 3.74. The molecule has 1 aliphatic carbocycles. The zero-order valence-corrected chi connectivity index (χ0v) is 17.6. The Morgan fingerprint density at radius 2 is 1.90 bits per heavy atom. The number of hydrogen-bond acceptors (Lipinski definition) is 4. The molecule has 2 aromatic carbocycles. The largest absolute Gasteiger partial charge is 0.389 e. The standard InChI is InChI=1S/C25H32N2O3/c1-18-8-5-6-11-21(18)24(19-9-3-2-4-10-19)30-17-20(28)16-26-22-12-13-23(29)27-25(22)14-7-15-25/h2-6,8-11,20,22,24,26,28H,7,12-17H2,1H3,(H,27,29). The van der Waals surface area contributed by atoms with Gasteiger partial charge in [0.2, 0.25) is 5.91 Å². The van der Waals surface area contributed by atoms with Crippen molar-refractivity contribution in [2.45, 2.75) is 62.8 Å². The third-order valence-electron chi connectivity index (χ3n) is 6.59. The number of rotatable bonds is 8. The highest BCUT2D eigenvalue weighted by Crippen LogP contribution is 2.38. The van der Waals surface area contributed by atoms with E-state index in [1.54, 1.807) is 0 Å². The summed E-state index contributed by atoms with van der Waals surface area (Å²) in [4.78, 5) is 11.8. The number of amides is 1. The summed E-state index contributed by atoms with van der Waals surface area (Å²) in [6.45, 7) is 2.78. The number of nitrogens with one attached hydrogen (secondary N) is 2. The minimum absolute atomic E-state index is 0.108. The molecule has 1 saturated heterocycles. The molecule has 5 nitrogen and oxygen atoms in total. The lowest BCUT2D eigenvalue weighted by Crippen LogP contribution is -2.68. The van der Waals surface area contributed by atoms with Gasteiger partial charge in [-0.2, -0.15) is 0 Å².